The lowest BCUT2D eigenvalue weighted by atomic mass is 10.4. The summed E-state index contributed by atoms with van der Waals surface area (Å²) >= 11 is 6.06. The molecule has 0 amide bonds. The molecule has 2 rings (SSSR count). The van der Waals surface area contributed by atoms with Gasteiger partial charge in [-0.2, -0.15) is 5.10 Å². The van der Waals surface area contributed by atoms with Crippen molar-refractivity contribution in [2.24, 2.45) is 0 Å². The first-order valence-electron chi connectivity index (χ1n) is 4.90. The Morgan fingerprint density at radius 3 is 2.82 bits per heavy atom. The van der Waals surface area contributed by atoms with Gasteiger partial charge in [0.2, 0.25) is 6.29 Å². The van der Waals surface area contributed by atoms with E-state index in [1.165, 1.54) is 6.20 Å². The minimum absolute atomic E-state index is 0.497. The third-order valence-electron chi connectivity index (χ3n) is 2.20. The van der Waals surface area contributed by atoms with Crippen LogP contribution in [0.1, 0.15) is 12.0 Å². The number of pyridine rings is 1. The molecule has 0 unspecified atom stereocenters. The largest absolute Gasteiger partial charge is 0.350 e. The normalized spacial score (nSPS) is 11.1. The van der Waals surface area contributed by atoms with Gasteiger partial charge in [-0.3, -0.25) is 0 Å². The highest BCUT2D eigenvalue weighted by Crippen LogP contribution is 2.22. The minimum Gasteiger partial charge on any atom is -0.350 e. The molecular weight excluding hydrogens is 242 g/mol. The van der Waals surface area contributed by atoms with Crippen LogP contribution in [-0.4, -0.2) is 29.0 Å². The second-order valence-electron chi connectivity index (χ2n) is 3.20. The Morgan fingerprint density at radius 1 is 1.41 bits per heavy atom. The van der Waals surface area contributed by atoms with Crippen LogP contribution in [0.3, 0.4) is 0 Å². The lowest BCUT2D eigenvalue weighted by Gasteiger charge is -2.15. The number of aromatic nitrogens is 3. The van der Waals surface area contributed by atoms with E-state index in [0.29, 0.717) is 16.5 Å². The molecule has 0 atom stereocenters. The van der Waals surface area contributed by atoms with Gasteiger partial charge in [0, 0.05) is 26.5 Å². The van der Waals surface area contributed by atoms with Gasteiger partial charge in [0.25, 0.3) is 0 Å². The molecule has 0 saturated heterocycles. The Kier molecular flexibility index (Phi) is 3.73. The number of ether oxygens (including phenoxy) is 2. The smallest absolute Gasteiger partial charge is 0.201 e. The molecular formula is C11H11ClN3O2. The maximum atomic E-state index is 6.06. The van der Waals surface area contributed by atoms with E-state index in [-0.39, 0.29) is 0 Å². The first-order chi connectivity index (χ1) is 8.27. The van der Waals surface area contributed by atoms with E-state index < -0.39 is 6.29 Å². The fraction of sp³-hybridized carbons (Fsp3) is 0.273. The Bertz CT molecular complexity index is 497. The van der Waals surface area contributed by atoms with Gasteiger partial charge in [-0.15, -0.1) is 0 Å². The average Bonchev–Trinajstić information content (AvgIpc) is 2.80. The summed E-state index contributed by atoms with van der Waals surface area (Å²) in [6.45, 7) is 0. The van der Waals surface area contributed by atoms with Gasteiger partial charge in [0.05, 0.1) is 11.2 Å². The summed E-state index contributed by atoms with van der Waals surface area (Å²) in [7, 11) is 3.08. The van der Waals surface area contributed by atoms with Crippen molar-refractivity contribution in [2.75, 3.05) is 14.2 Å². The molecule has 0 aliphatic heterocycles. The van der Waals surface area contributed by atoms with E-state index in [2.05, 4.69) is 16.1 Å². The second-order valence-corrected chi connectivity index (χ2v) is 3.61. The van der Waals surface area contributed by atoms with Crippen molar-refractivity contribution in [3.05, 3.63) is 41.3 Å². The lowest BCUT2D eigenvalue weighted by molar-refractivity contribution is -0.110. The fourth-order valence-electron chi connectivity index (χ4n) is 1.47. The SMILES string of the molecule is COC(OC)c1[c]cnn1-c1ncccc1Cl. The van der Waals surface area contributed by atoms with Crippen molar-refractivity contribution in [2.45, 2.75) is 6.29 Å². The van der Waals surface area contributed by atoms with Gasteiger partial charge in [0.1, 0.15) is 5.69 Å². The third kappa shape index (κ3) is 2.31. The van der Waals surface area contributed by atoms with Crippen LogP contribution in [0.4, 0.5) is 0 Å². The zero-order valence-corrected chi connectivity index (χ0v) is 10.2. The Labute approximate surface area is 104 Å². The molecule has 2 aromatic heterocycles. The highest BCUT2D eigenvalue weighted by molar-refractivity contribution is 6.32. The van der Waals surface area contributed by atoms with Crippen LogP contribution in [0.5, 0.6) is 0 Å². The minimum atomic E-state index is -0.560. The zero-order valence-electron chi connectivity index (χ0n) is 9.42. The van der Waals surface area contributed by atoms with Gasteiger partial charge in [-0.05, 0) is 12.1 Å². The molecule has 5 nitrogen and oxygen atoms in total. The third-order valence-corrected chi connectivity index (χ3v) is 2.50. The highest BCUT2D eigenvalue weighted by Gasteiger charge is 2.18. The molecule has 0 bridgehead atoms. The topological polar surface area (TPSA) is 49.2 Å². The van der Waals surface area contributed by atoms with Gasteiger partial charge in [-0.1, -0.05) is 11.6 Å². The molecule has 89 valence electrons. The van der Waals surface area contributed by atoms with Crippen LogP contribution in [-0.2, 0) is 9.47 Å². The summed E-state index contributed by atoms with van der Waals surface area (Å²) < 4.78 is 11.9. The van der Waals surface area contributed by atoms with Crippen LogP contribution in [0.2, 0.25) is 5.02 Å². The maximum Gasteiger partial charge on any atom is 0.201 e. The summed E-state index contributed by atoms with van der Waals surface area (Å²) in [5, 5.41) is 4.62. The van der Waals surface area contributed by atoms with Gasteiger partial charge < -0.3 is 9.47 Å². The first kappa shape index (κ1) is 12.0. The number of hydrogen-bond donors (Lipinski definition) is 0. The summed E-state index contributed by atoms with van der Waals surface area (Å²) in [6.07, 6.45) is 2.60. The second kappa shape index (κ2) is 5.27. The van der Waals surface area contributed by atoms with Crippen molar-refractivity contribution >= 4 is 11.6 Å². The number of halogens is 1. The van der Waals surface area contributed by atoms with Crippen LogP contribution >= 0.6 is 11.6 Å². The van der Waals surface area contributed by atoms with E-state index in [1.807, 2.05) is 0 Å². The average molecular weight is 253 g/mol. The molecule has 0 aliphatic rings. The predicted octanol–water partition coefficient (Wildman–Crippen LogP) is 2.01. The van der Waals surface area contributed by atoms with Gasteiger partial charge >= 0.3 is 0 Å². The number of methoxy groups -OCH3 is 2. The van der Waals surface area contributed by atoms with Crippen molar-refractivity contribution in [3.63, 3.8) is 0 Å². The number of hydrogen-bond acceptors (Lipinski definition) is 4. The molecule has 2 heterocycles. The van der Waals surface area contributed by atoms with Crippen molar-refractivity contribution in [3.8, 4) is 5.82 Å². The predicted molar refractivity (Wildman–Crippen MR) is 62.0 cm³/mol. The lowest BCUT2D eigenvalue weighted by Crippen LogP contribution is -2.12. The molecule has 0 saturated carbocycles. The van der Waals surface area contributed by atoms with Crippen molar-refractivity contribution in [1.82, 2.24) is 14.8 Å². The van der Waals surface area contributed by atoms with E-state index in [9.17, 15) is 0 Å². The quantitative estimate of drug-likeness (QED) is 0.781. The summed E-state index contributed by atoms with van der Waals surface area (Å²) in [5.74, 6) is 0.518. The van der Waals surface area contributed by atoms with E-state index in [4.69, 9.17) is 21.1 Å². The standard InChI is InChI=1S/C11H11ClN3O2/c1-16-11(17-2)9-5-7-14-15(9)10-8(12)4-3-6-13-10/h3-4,6-7,11H,1-2H3. The first-order valence-corrected chi connectivity index (χ1v) is 5.27. The monoisotopic (exact) mass is 252 g/mol. The van der Waals surface area contributed by atoms with Crippen LogP contribution in [0.15, 0.2) is 24.5 Å². The van der Waals surface area contributed by atoms with Crippen molar-refractivity contribution in [1.29, 1.82) is 0 Å². The van der Waals surface area contributed by atoms with Gasteiger partial charge in [0.15, 0.2) is 5.82 Å². The maximum absolute atomic E-state index is 6.06. The molecule has 0 aliphatic carbocycles. The highest BCUT2D eigenvalue weighted by atomic mass is 35.5. The van der Waals surface area contributed by atoms with E-state index in [1.54, 1.807) is 37.2 Å². The molecule has 1 radical (unpaired) electrons. The zero-order chi connectivity index (χ0) is 12.3. The van der Waals surface area contributed by atoms with E-state index in [0.717, 1.165) is 0 Å². The summed E-state index contributed by atoms with van der Waals surface area (Å²) in [5.41, 5.74) is 0.607. The van der Waals surface area contributed by atoms with E-state index >= 15 is 0 Å². The van der Waals surface area contributed by atoms with Crippen LogP contribution < -0.4 is 0 Å². The fourth-order valence-corrected chi connectivity index (χ4v) is 1.67. The van der Waals surface area contributed by atoms with Crippen molar-refractivity contribution < 1.29 is 9.47 Å². The Morgan fingerprint density at radius 2 is 2.18 bits per heavy atom. The summed E-state index contributed by atoms with van der Waals surface area (Å²) in [6, 6.07) is 6.43. The molecule has 0 spiro atoms. The summed E-state index contributed by atoms with van der Waals surface area (Å²) in [4.78, 5) is 4.17. The van der Waals surface area contributed by atoms with Crippen LogP contribution in [0.25, 0.3) is 5.82 Å². The molecule has 17 heavy (non-hydrogen) atoms. The molecule has 0 aromatic carbocycles. The molecule has 2 aromatic rings. The number of nitrogens with zero attached hydrogens (tertiary/aromatic N) is 3. The number of rotatable bonds is 4. The molecule has 0 N–H and O–H groups in total. The molecule has 0 fully saturated rings. The van der Waals surface area contributed by atoms with Gasteiger partial charge in [-0.25, -0.2) is 9.67 Å². The Hall–Kier alpha value is -1.43. The van der Waals surface area contributed by atoms with Crippen LogP contribution in [0, 0.1) is 6.07 Å². The molecule has 6 heteroatoms. The Balaban J connectivity index is 2.47.